The van der Waals surface area contributed by atoms with Crippen LogP contribution < -0.4 is 11.5 Å². The molecule has 0 bridgehead atoms. The lowest BCUT2D eigenvalue weighted by Gasteiger charge is -2.05. The number of fused-ring (bicyclic) bond motifs is 2. The molecule has 0 unspecified atom stereocenters. The van der Waals surface area contributed by atoms with Gasteiger partial charge in [-0.3, -0.25) is 4.99 Å². The Morgan fingerprint density at radius 3 is 2.15 bits per heavy atom. The Balaban J connectivity index is 1.22. The molecule has 5 N–H and O–H groups in total. The van der Waals surface area contributed by atoms with Gasteiger partial charge in [-0.1, -0.05) is 30.3 Å². The fourth-order valence-corrected chi connectivity index (χ4v) is 4.39. The number of aliphatic imine (C=N–C) groups is 1. The van der Waals surface area contributed by atoms with Crippen LogP contribution in [0, 0.1) is 0 Å². The number of rotatable bonds is 4. The predicted molar refractivity (Wildman–Crippen MR) is 136 cm³/mol. The second-order valence-corrected chi connectivity index (χ2v) is 8.56. The van der Waals surface area contributed by atoms with Gasteiger partial charge in [0.15, 0.2) is 0 Å². The van der Waals surface area contributed by atoms with Crippen molar-refractivity contribution in [2.45, 2.75) is 12.8 Å². The molecule has 33 heavy (non-hydrogen) atoms. The quantitative estimate of drug-likeness (QED) is 0.322. The second kappa shape index (κ2) is 7.64. The number of nitrogen functional groups attached to an aromatic ring is 2. The zero-order valence-corrected chi connectivity index (χ0v) is 18.0. The first-order chi connectivity index (χ1) is 16.1. The van der Waals surface area contributed by atoms with Crippen LogP contribution in [0.1, 0.15) is 22.3 Å². The lowest BCUT2D eigenvalue weighted by molar-refractivity contribution is 1.18. The summed E-state index contributed by atoms with van der Waals surface area (Å²) in [6.07, 6.45) is 1.70. The molecule has 0 saturated carbocycles. The standard InChI is InChI=1S/C28H23N5/c29-22-7-3-19(4-8-22)26-16-21-14-17(1-11-24(21)31-26)13-18-2-12-25-27(15-18)33-28(32-25)20-5-9-23(30)10-6-20/h1-12,14-15H,13,16,29-30H2,(H,32,33). The number of hydrogen-bond donors (Lipinski definition) is 3. The predicted octanol–water partition coefficient (Wildman–Crippen LogP) is 5.66. The minimum Gasteiger partial charge on any atom is -0.399 e. The van der Waals surface area contributed by atoms with Gasteiger partial charge < -0.3 is 16.5 Å². The number of hydrogen-bond acceptors (Lipinski definition) is 4. The van der Waals surface area contributed by atoms with Crippen molar-refractivity contribution < 1.29 is 0 Å². The van der Waals surface area contributed by atoms with Gasteiger partial charge in [-0.15, -0.1) is 0 Å². The van der Waals surface area contributed by atoms with E-state index in [9.17, 15) is 0 Å². The fraction of sp³-hybridized carbons (Fsp3) is 0.0714. The van der Waals surface area contributed by atoms with E-state index in [0.717, 1.165) is 63.6 Å². The molecule has 6 rings (SSSR count). The molecule has 0 spiro atoms. The number of aromatic amines is 1. The molecule has 1 aliphatic heterocycles. The molecule has 0 radical (unpaired) electrons. The van der Waals surface area contributed by atoms with E-state index in [2.05, 4.69) is 41.4 Å². The molecule has 4 aromatic carbocycles. The fourth-order valence-electron chi connectivity index (χ4n) is 4.39. The normalized spacial score (nSPS) is 12.7. The average molecular weight is 430 g/mol. The van der Waals surface area contributed by atoms with Gasteiger partial charge in [0.2, 0.25) is 0 Å². The van der Waals surface area contributed by atoms with Crippen LogP contribution in [0.2, 0.25) is 0 Å². The Morgan fingerprint density at radius 2 is 1.39 bits per heavy atom. The van der Waals surface area contributed by atoms with E-state index < -0.39 is 0 Å². The largest absolute Gasteiger partial charge is 0.399 e. The van der Waals surface area contributed by atoms with Crippen LogP contribution in [0.15, 0.2) is 89.9 Å². The highest BCUT2D eigenvalue weighted by atomic mass is 14.9. The van der Waals surface area contributed by atoms with Crippen molar-refractivity contribution >= 4 is 33.8 Å². The van der Waals surface area contributed by atoms with E-state index in [-0.39, 0.29) is 0 Å². The Labute approximate surface area is 191 Å². The van der Waals surface area contributed by atoms with Gasteiger partial charge in [-0.25, -0.2) is 4.98 Å². The molecule has 5 heteroatoms. The molecule has 5 aromatic rings. The summed E-state index contributed by atoms with van der Waals surface area (Å²) in [6.45, 7) is 0. The van der Waals surface area contributed by atoms with Crippen LogP contribution >= 0.6 is 0 Å². The molecular formula is C28H23N5. The smallest absolute Gasteiger partial charge is 0.138 e. The lowest BCUT2D eigenvalue weighted by atomic mass is 9.99. The van der Waals surface area contributed by atoms with Crippen molar-refractivity contribution in [1.82, 2.24) is 9.97 Å². The van der Waals surface area contributed by atoms with Gasteiger partial charge in [-0.05, 0) is 83.3 Å². The molecule has 1 aliphatic rings. The molecule has 1 aromatic heterocycles. The second-order valence-electron chi connectivity index (χ2n) is 8.56. The minimum absolute atomic E-state index is 0.748. The summed E-state index contributed by atoms with van der Waals surface area (Å²) in [7, 11) is 0. The van der Waals surface area contributed by atoms with Crippen LogP contribution in [0.4, 0.5) is 17.1 Å². The maximum Gasteiger partial charge on any atom is 0.138 e. The number of nitrogens with two attached hydrogens (primary N) is 2. The first-order valence-electron chi connectivity index (χ1n) is 11.0. The molecule has 0 saturated heterocycles. The molecule has 5 nitrogen and oxygen atoms in total. The number of H-pyrrole nitrogens is 1. The molecule has 0 amide bonds. The summed E-state index contributed by atoms with van der Waals surface area (Å²) in [5.74, 6) is 0.854. The lowest BCUT2D eigenvalue weighted by Crippen LogP contribution is -2.00. The van der Waals surface area contributed by atoms with E-state index in [1.54, 1.807) is 0 Å². The number of nitrogens with one attached hydrogen (secondary N) is 1. The Kier molecular flexibility index (Phi) is 4.47. The molecule has 0 aliphatic carbocycles. The number of benzene rings is 4. The first kappa shape index (κ1) is 19.3. The van der Waals surface area contributed by atoms with Gasteiger partial charge in [0.1, 0.15) is 5.82 Å². The number of anilines is 2. The summed E-state index contributed by atoms with van der Waals surface area (Å²) in [5, 5.41) is 0. The van der Waals surface area contributed by atoms with Crippen molar-refractivity contribution in [3.63, 3.8) is 0 Å². The van der Waals surface area contributed by atoms with Crippen LogP contribution in [0.25, 0.3) is 22.4 Å². The Hall–Kier alpha value is -4.38. The van der Waals surface area contributed by atoms with Gasteiger partial charge in [0.05, 0.1) is 22.4 Å². The van der Waals surface area contributed by atoms with Crippen molar-refractivity contribution in [1.29, 1.82) is 0 Å². The summed E-state index contributed by atoms with van der Waals surface area (Å²) in [5.41, 5.74) is 23.2. The molecular weight excluding hydrogens is 406 g/mol. The van der Waals surface area contributed by atoms with Gasteiger partial charge in [0.25, 0.3) is 0 Å². The average Bonchev–Trinajstić information content (AvgIpc) is 3.44. The van der Waals surface area contributed by atoms with Crippen LogP contribution in [0.3, 0.4) is 0 Å². The Morgan fingerprint density at radius 1 is 0.727 bits per heavy atom. The monoisotopic (exact) mass is 429 g/mol. The van der Waals surface area contributed by atoms with E-state index in [0.29, 0.717) is 0 Å². The van der Waals surface area contributed by atoms with E-state index in [1.807, 2.05) is 48.5 Å². The van der Waals surface area contributed by atoms with Crippen LogP contribution in [-0.2, 0) is 12.8 Å². The SMILES string of the molecule is Nc1ccc(C2=Nc3ccc(Cc4ccc5nc(-c6ccc(N)cc6)[nH]c5c4)cc3C2)cc1. The van der Waals surface area contributed by atoms with E-state index >= 15 is 0 Å². The summed E-state index contributed by atoms with van der Waals surface area (Å²) >= 11 is 0. The Bertz CT molecular complexity index is 1510. The highest BCUT2D eigenvalue weighted by molar-refractivity contribution is 6.06. The van der Waals surface area contributed by atoms with Gasteiger partial charge in [0, 0.05) is 23.4 Å². The zero-order valence-electron chi connectivity index (χ0n) is 18.0. The third-order valence-electron chi connectivity index (χ3n) is 6.14. The number of nitrogens with zero attached hydrogens (tertiary/aromatic N) is 2. The van der Waals surface area contributed by atoms with Gasteiger partial charge in [-0.2, -0.15) is 0 Å². The van der Waals surface area contributed by atoms with E-state index in [1.165, 1.54) is 16.7 Å². The summed E-state index contributed by atoms with van der Waals surface area (Å²) in [6, 6.07) is 28.7. The number of imidazole rings is 1. The van der Waals surface area contributed by atoms with Gasteiger partial charge >= 0.3 is 0 Å². The third kappa shape index (κ3) is 3.74. The zero-order chi connectivity index (χ0) is 22.4. The van der Waals surface area contributed by atoms with Crippen LogP contribution in [-0.4, -0.2) is 15.7 Å². The highest BCUT2D eigenvalue weighted by Gasteiger charge is 2.16. The van der Waals surface area contributed by atoms with E-state index in [4.69, 9.17) is 21.4 Å². The topological polar surface area (TPSA) is 93.1 Å². The number of aromatic nitrogens is 2. The molecule has 0 fully saturated rings. The first-order valence-corrected chi connectivity index (χ1v) is 11.0. The highest BCUT2D eigenvalue weighted by Crippen LogP contribution is 2.31. The third-order valence-corrected chi connectivity index (χ3v) is 6.14. The summed E-state index contributed by atoms with van der Waals surface area (Å²) in [4.78, 5) is 13.0. The van der Waals surface area contributed by atoms with Crippen LogP contribution in [0.5, 0.6) is 0 Å². The molecule has 0 atom stereocenters. The minimum atomic E-state index is 0.748. The maximum atomic E-state index is 5.82. The van der Waals surface area contributed by atoms with Crippen molar-refractivity contribution in [2.75, 3.05) is 11.5 Å². The van der Waals surface area contributed by atoms with Crippen molar-refractivity contribution in [2.24, 2.45) is 4.99 Å². The maximum absolute atomic E-state index is 5.82. The van der Waals surface area contributed by atoms with Crippen molar-refractivity contribution in [3.05, 3.63) is 107 Å². The van der Waals surface area contributed by atoms with Crippen molar-refractivity contribution in [3.8, 4) is 11.4 Å². The molecule has 2 heterocycles. The summed E-state index contributed by atoms with van der Waals surface area (Å²) < 4.78 is 0. The molecule has 160 valence electrons.